The summed E-state index contributed by atoms with van der Waals surface area (Å²) in [4.78, 5) is 10.4. The van der Waals surface area contributed by atoms with Gasteiger partial charge in [-0.25, -0.2) is 0 Å². The molecule has 0 saturated heterocycles. The van der Waals surface area contributed by atoms with Gasteiger partial charge in [0.05, 0.1) is 5.69 Å². The van der Waals surface area contributed by atoms with E-state index in [0.717, 1.165) is 61.6 Å². The molecule has 0 aliphatic rings. The number of rotatable bonds is 7. The summed E-state index contributed by atoms with van der Waals surface area (Å²) in [6.07, 6.45) is 1.91. The van der Waals surface area contributed by atoms with Gasteiger partial charge in [-0.15, -0.1) is 23.8 Å². The normalized spacial score (nSPS) is 12.3. The number of phenols is 1. The molecule has 316 valence electrons. The smallest absolute Gasteiger partial charge is 0.128 e. The van der Waals surface area contributed by atoms with Gasteiger partial charge in [0.1, 0.15) is 5.75 Å². The van der Waals surface area contributed by atoms with Crippen LogP contribution in [-0.2, 0) is 42.7 Å². The van der Waals surface area contributed by atoms with Gasteiger partial charge in [0.2, 0.25) is 0 Å². The molecule has 0 atom stereocenters. The summed E-state index contributed by atoms with van der Waals surface area (Å²) in [5.41, 5.74) is 16.8. The Morgan fingerprint density at radius 1 is 0.475 bits per heavy atom. The molecule has 61 heavy (non-hydrogen) atoms. The van der Waals surface area contributed by atoms with E-state index < -0.39 is 0 Å². The molecule has 4 heteroatoms. The van der Waals surface area contributed by atoms with E-state index in [4.69, 9.17) is 9.97 Å². The van der Waals surface area contributed by atoms with Crippen LogP contribution >= 0.6 is 0 Å². The van der Waals surface area contributed by atoms with Crippen LogP contribution in [0.4, 0.5) is 0 Å². The fourth-order valence-corrected chi connectivity index (χ4v) is 8.19. The van der Waals surface area contributed by atoms with Crippen molar-refractivity contribution in [1.82, 2.24) is 9.97 Å². The number of benzene rings is 5. The Morgan fingerprint density at radius 2 is 1.02 bits per heavy atom. The maximum absolute atomic E-state index is 12.2. The first-order chi connectivity index (χ1) is 28.1. The minimum atomic E-state index is -0.288. The van der Waals surface area contributed by atoms with E-state index in [-0.39, 0.29) is 48.5 Å². The van der Waals surface area contributed by atoms with Crippen molar-refractivity contribution in [3.63, 3.8) is 0 Å². The second-order valence-corrected chi connectivity index (χ2v) is 20.3. The third-order valence-corrected chi connectivity index (χ3v) is 12.1. The topological polar surface area (TPSA) is 46.0 Å². The monoisotopic (exact) mass is 984 g/mol. The summed E-state index contributed by atoms with van der Waals surface area (Å²) in [6, 6.07) is 47.2. The molecule has 2 aromatic heterocycles. The van der Waals surface area contributed by atoms with E-state index in [1.807, 2.05) is 6.20 Å². The summed E-state index contributed by atoms with van der Waals surface area (Å²) in [6.45, 7) is 28.8. The molecule has 3 nitrogen and oxygen atoms in total. The predicted molar refractivity (Wildman–Crippen MR) is 254 cm³/mol. The third kappa shape index (κ3) is 9.54. The van der Waals surface area contributed by atoms with Gasteiger partial charge < -0.3 is 5.11 Å². The summed E-state index contributed by atoms with van der Waals surface area (Å²) in [5.74, 6) is 0.270. The van der Waals surface area contributed by atoms with E-state index in [1.54, 1.807) is 0 Å². The first-order valence-electron chi connectivity index (χ1n) is 21.3. The Morgan fingerprint density at radius 3 is 1.61 bits per heavy atom. The van der Waals surface area contributed by atoms with E-state index in [2.05, 4.69) is 217 Å². The number of aromatic nitrogens is 2. The minimum absolute atomic E-state index is 0. The first-order valence-corrected chi connectivity index (χ1v) is 21.3. The van der Waals surface area contributed by atoms with Crippen LogP contribution in [-0.4, -0.2) is 15.1 Å². The largest absolute Gasteiger partial charge is 0.507 e. The molecule has 1 N–H and O–H groups in total. The van der Waals surface area contributed by atoms with Crippen molar-refractivity contribution >= 4 is 0 Å². The molecule has 2 heterocycles. The predicted octanol–water partition coefficient (Wildman–Crippen LogP) is 15.2. The number of pyridine rings is 2. The Kier molecular flexibility index (Phi) is 12.6. The second kappa shape index (κ2) is 17.0. The van der Waals surface area contributed by atoms with Crippen molar-refractivity contribution in [2.75, 3.05) is 0 Å². The molecule has 0 amide bonds. The SMILES string of the molecule is Cc1cccc(C)c1-c1ccnc(-c2[c-]c(-c3cc(-c4ccc(C(C)(C)c5ccccc5)cc4)cc(-c4cc(C(C)(C)C)cc(C(C)(C)C)c4O)n3)cc(C(C)(C)C)c2)c1.[Pt]. The average Bonchev–Trinajstić information content (AvgIpc) is 3.20. The average molecular weight is 985 g/mol. The first kappa shape index (κ1) is 45.4. The molecule has 0 radical (unpaired) electrons. The van der Waals surface area contributed by atoms with Crippen LogP contribution in [0.1, 0.15) is 115 Å². The molecule has 5 aromatic carbocycles. The molecule has 0 saturated carbocycles. The zero-order chi connectivity index (χ0) is 43.4. The molecular formula is C57H61N2OPt-. The Labute approximate surface area is 380 Å². The number of hydrogen-bond acceptors (Lipinski definition) is 3. The van der Waals surface area contributed by atoms with Crippen molar-refractivity contribution in [3.05, 3.63) is 173 Å². The number of nitrogens with zero attached hydrogens (tertiary/aromatic N) is 2. The molecule has 7 rings (SSSR count). The zero-order valence-corrected chi connectivity index (χ0v) is 40.6. The van der Waals surface area contributed by atoms with Crippen LogP contribution in [0, 0.1) is 19.9 Å². The van der Waals surface area contributed by atoms with Crippen LogP contribution in [0.15, 0.2) is 128 Å². The quantitative estimate of drug-likeness (QED) is 0.162. The standard InChI is InChI=1S/C57H61N2O.Pt/c1-36-18-17-19-37(2)52(36)39-26-27-58-49(31-39)41-28-42(30-45(29-41)54(3,4)5)50-32-40(38-22-24-44(25-23-38)57(12,13)43-20-15-14-16-21-43)33-51(59-50)47-34-46(55(6,7)8)35-48(53(47)60)56(9,10)11;/h14-27,29-35,60H,1-13H3;/q-1;. The molecule has 0 spiro atoms. The Balaban J connectivity index is 0.00000622. The van der Waals surface area contributed by atoms with Crippen LogP contribution in [0.2, 0.25) is 0 Å². The Hall–Kier alpha value is -5.11. The molecule has 0 aliphatic heterocycles. The molecule has 0 unspecified atom stereocenters. The number of hydrogen-bond donors (Lipinski definition) is 1. The third-order valence-electron chi connectivity index (χ3n) is 12.1. The van der Waals surface area contributed by atoms with Gasteiger partial charge in [-0.2, -0.15) is 0 Å². The maximum Gasteiger partial charge on any atom is 0.128 e. The molecule has 0 fully saturated rings. The Bertz CT molecular complexity index is 2670. The van der Waals surface area contributed by atoms with Crippen LogP contribution < -0.4 is 0 Å². The van der Waals surface area contributed by atoms with Gasteiger partial charge in [-0.1, -0.05) is 178 Å². The fraction of sp³-hybridized carbons (Fsp3) is 0.298. The zero-order valence-electron chi connectivity index (χ0n) is 38.3. The number of aryl methyl sites for hydroxylation is 2. The van der Waals surface area contributed by atoms with E-state index >= 15 is 0 Å². The van der Waals surface area contributed by atoms with Crippen molar-refractivity contribution in [1.29, 1.82) is 0 Å². The summed E-state index contributed by atoms with van der Waals surface area (Å²) < 4.78 is 0. The van der Waals surface area contributed by atoms with Crippen molar-refractivity contribution in [2.45, 2.75) is 112 Å². The summed E-state index contributed by atoms with van der Waals surface area (Å²) in [7, 11) is 0. The van der Waals surface area contributed by atoms with Gasteiger partial charge in [0, 0.05) is 55.2 Å². The van der Waals surface area contributed by atoms with Crippen LogP contribution in [0.5, 0.6) is 5.75 Å². The maximum atomic E-state index is 12.2. The number of phenolic OH excluding ortho intramolecular Hbond substituents is 1. The van der Waals surface area contributed by atoms with Gasteiger partial charge in [0.25, 0.3) is 0 Å². The van der Waals surface area contributed by atoms with Gasteiger partial charge >= 0.3 is 0 Å². The van der Waals surface area contributed by atoms with Crippen LogP contribution in [0.3, 0.4) is 0 Å². The van der Waals surface area contributed by atoms with Gasteiger partial charge in [-0.05, 0) is 98.4 Å². The number of aromatic hydroxyl groups is 1. The molecule has 0 aliphatic carbocycles. The van der Waals surface area contributed by atoms with E-state index in [9.17, 15) is 5.11 Å². The van der Waals surface area contributed by atoms with Gasteiger partial charge in [-0.3, -0.25) is 9.97 Å². The molecular weight excluding hydrogens is 924 g/mol. The van der Waals surface area contributed by atoms with Crippen molar-refractivity contribution in [2.24, 2.45) is 0 Å². The second-order valence-electron chi connectivity index (χ2n) is 20.3. The van der Waals surface area contributed by atoms with Crippen molar-refractivity contribution in [3.8, 4) is 61.8 Å². The fourth-order valence-electron chi connectivity index (χ4n) is 8.19. The van der Waals surface area contributed by atoms with Crippen LogP contribution in [0.25, 0.3) is 56.0 Å². The van der Waals surface area contributed by atoms with Gasteiger partial charge in [0.15, 0.2) is 0 Å². The van der Waals surface area contributed by atoms with E-state index in [0.29, 0.717) is 0 Å². The van der Waals surface area contributed by atoms with Crippen molar-refractivity contribution < 1.29 is 26.2 Å². The molecule has 7 aromatic rings. The summed E-state index contributed by atoms with van der Waals surface area (Å²) >= 11 is 0. The summed E-state index contributed by atoms with van der Waals surface area (Å²) in [5, 5.41) is 12.2. The van der Waals surface area contributed by atoms with E-state index in [1.165, 1.54) is 33.4 Å². The molecule has 0 bridgehead atoms. The minimum Gasteiger partial charge on any atom is -0.507 e.